The summed E-state index contributed by atoms with van der Waals surface area (Å²) in [4.78, 5) is 49.8. The van der Waals surface area contributed by atoms with Crippen molar-refractivity contribution in [2.45, 2.75) is 25.3 Å². The van der Waals surface area contributed by atoms with Crippen LogP contribution in [0.25, 0.3) is 0 Å². The van der Waals surface area contributed by atoms with Gasteiger partial charge >= 0.3 is 0 Å². The highest BCUT2D eigenvalue weighted by Crippen LogP contribution is 2.17. The molecule has 1 fully saturated rings. The zero-order valence-corrected chi connectivity index (χ0v) is 16.7. The van der Waals surface area contributed by atoms with Crippen LogP contribution in [0.2, 0.25) is 0 Å². The molecule has 1 heterocycles. The molecule has 2 rings (SSSR count). The largest absolute Gasteiger partial charge is 0.349 e. The maximum atomic E-state index is 12.3. The second kappa shape index (κ2) is 11.5. The Labute approximate surface area is 168 Å². The maximum absolute atomic E-state index is 12.3. The molecule has 0 saturated carbocycles. The van der Waals surface area contributed by atoms with Gasteiger partial charge in [-0.1, -0.05) is 42.3 Å². The van der Waals surface area contributed by atoms with Crippen LogP contribution in [0.4, 0.5) is 0 Å². The second-order valence-electron chi connectivity index (χ2n) is 6.40. The normalized spacial score (nSPS) is 15.9. The third-order valence-electron chi connectivity index (χ3n) is 4.46. The van der Waals surface area contributed by atoms with Crippen LogP contribution in [0, 0.1) is 0 Å². The molecule has 1 atom stereocenters. The first kappa shape index (κ1) is 21.9. The molecule has 1 aliphatic heterocycles. The molecule has 1 unspecified atom stereocenters. The van der Waals surface area contributed by atoms with Crippen LogP contribution in [0.1, 0.15) is 18.4 Å². The first-order valence-corrected chi connectivity index (χ1v) is 10.4. The number of carbonyl (C=O) groups excluding carboxylic acids is 4. The Balaban J connectivity index is 1.72. The topological polar surface area (TPSA) is 108 Å². The van der Waals surface area contributed by atoms with E-state index < -0.39 is 23.6 Å². The van der Waals surface area contributed by atoms with Crippen LogP contribution in [0.5, 0.6) is 0 Å². The first-order chi connectivity index (χ1) is 13.5. The van der Waals surface area contributed by atoms with Crippen LogP contribution in [0.15, 0.2) is 30.3 Å². The van der Waals surface area contributed by atoms with Crippen molar-refractivity contribution < 1.29 is 19.2 Å². The molecule has 1 saturated heterocycles. The van der Waals surface area contributed by atoms with Crippen molar-refractivity contribution in [1.82, 2.24) is 20.3 Å². The summed E-state index contributed by atoms with van der Waals surface area (Å²) >= 11 is 1.33. The number of ketones is 1. The summed E-state index contributed by atoms with van der Waals surface area (Å²) in [6, 6.07) is 9.02. The molecule has 0 aromatic heterocycles. The van der Waals surface area contributed by atoms with Gasteiger partial charge in [0.25, 0.3) is 5.91 Å². The highest BCUT2D eigenvalue weighted by Gasteiger charge is 2.34. The Morgan fingerprint density at radius 2 is 1.86 bits per heavy atom. The van der Waals surface area contributed by atoms with Gasteiger partial charge in [-0.05, 0) is 31.1 Å². The minimum Gasteiger partial charge on any atom is -0.349 e. The van der Waals surface area contributed by atoms with Gasteiger partial charge in [-0.3, -0.25) is 23.9 Å². The Morgan fingerprint density at radius 1 is 1.11 bits per heavy atom. The minimum absolute atomic E-state index is 0.147. The van der Waals surface area contributed by atoms with Gasteiger partial charge in [0.1, 0.15) is 6.04 Å². The Kier molecular flexibility index (Phi) is 8.96. The van der Waals surface area contributed by atoms with E-state index in [4.69, 9.17) is 0 Å². The average Bonchev–Trinajstić information content (AvgIpc) is 3.20. The van der Waals surface area contributed by atoms with E-state index in [-0.39, 0.29) is 19.0 Å². The van der Waals surface area contributed by atoms with Crippen molar-refractivity contribution in [3.63, 3.8) is 0 Å². The van der Waals surface area contributed by atoms with Gasteiger partial charge in [-0.25, -0.2) is 0 Å². The van der Waals surface area contributed by atoms with E-state index in [1.165, 1.54) is 16.8 Å². The number of nitrogens with zero attached hydrogens (tertiary/aromatic N) is 1. The van der Waals surface area contributed by atoms with Crippen molar-refractivity contribution in [3.05, 3.63) is 35.9 Å². The molecule has 0 aliphatic carbocycles. The summed E-state index contributed by atoms with van der Waals surface area (Å²) in [5, 5.41) is 5.05. The highest BCUT2D eigenvalue weighted by atomic mass is 32.2. The number of benzene rings is 1. The van der Waals surface area contributed by atoms with E-state index in [2.05, 4.69) is 15.4 Å². The lowest BCUT2D eigenvalue weighted by atomic mass is 10.1. The van der Waals surface area contributed by atoms with Crippen LogP contribution in [-0.4, -0.2) is 66.9 Å². The number of rotatable bonds is 10. The highest BCUT2D eigenvalue weighted by molar-refractivity contribution is 7.96. The number of likely N-dealkylation sites (tertiary alicyclic amines) is 1. The number of amides is 3. The van der Waals surface area contributed by atoms with E-state index in [0.717, 1.165) is 12.0 Å². The lowest BCUT2D eigenvalue weighted by Crippen LogP contribution is -2.49. The number of hydrogen-bond acceptors (Lipinski definition) is 6. The Morgan fingerprint density at radius 3 is 2.57 bits per heavy atom. The molecule has 1 aromatic carbocycles. The van der Waals surface area contributed by atoms with Gasteiger partial charge in [0.15, 0.2) is 0 Å². The predicted octanol–water partition coefficient (Wildman–Crippen LogP) is -0.111. The summed E-state index contributed by atoms with van der Waals surface area (Å²) in [7, 11) is 0. The van der Waals surface area contributed by atoms with Crippen LogP contribution < -0.4 is 15.4 Å². The molecule has 152 valence electrons. The van der Waals surface area contributed by atoms with E-state index in [0.29, 0.717) is 25.9 Å². The van der Waals surface area contributed by atoms with Crippen LogP contribution >= 0.6 is 11.9 Å². The SMILES string of the molecule is CSNCC(=O)N1CCCC1C(=O)NCC(=O)C(=O)NCCc1ccccc1. The maximum Gasteiger partial charge on any atom is 0.289 e. The molecule has 28 heavy (non-hydrogen) atoms. The fourth-order valence-corrected chi connectivity index (χ4v) is 3.27. The van der Waals surface area contributed by atoms with Gasteiger partial charge in [0.2, 0.25) is 17.6 Å². The quantitative estimate of drug-likeness (QED) is 0.370. The third kappa shape index (κ3) is 6.65. The molecule has 8 nitrogen and oxygen atoms in total. The molecule has 1 aromatic rings. The monoisotopic (exact) mass is 406 g/mol. The number of hydrogen-bond donors (Lipinski definition) is 3. The summed E-state index contributed by atoms with van der Waals surface area (Å²) in [6.07, 6.45) is 3.72. The zero-order chi connectivity index (χ0) is 20.4. The van der Waals surface area contributed by atoms with Crippen molar-refractivity contribution in [3.8, 4) is 0 Å². The summed E-state index contributed by atoms with van der Waals surface area (Å²) in [5.41, 5.74) is 1.06. The van der Waals surface area contributed by atoms with Crippen LogP contribution in [0.3, 0.4) is 0 Å². The standard InChI is InChI=1S/C19H26N4O4S/c1-28-22-13-17(25)23-11-5-8-15(23)18(26)21-12-16(24)19(27)20-10-9-14-6-3-2-4-7-14/h2-4,6-7,15,22H,5,8-13H2,1H3,(H,20,27)(H,21,26). The molecular formula is C19H26N4O4S. The summed E-state index contributed by atoms with van der Waals surface area (Å²) < 4.78 is 2.87. The van der Waals surface area contributed by atoms with Crippen molar-refractivity contribution in [2.24, 2.45) is 0 Å². The molecule has 3 N–H and O–H groups in total. The van der Waals surface area contributed by atoms with Crippen molar-refractivity contribution in [1.29, 1.82) is 0 Å². The van der Waals surface area contributed by atoms with E-state index in [9.17, 15) is 19.2 Å². The fraction of sp³-hybridized carbons (Fsp3) is 0.474. The number of Topliss-reactive ketones (excluding diaryl/α,β-unsaturated/α-hetero) is 1. The molecule has 0 spiro atoms. The zero-order valence-electron chi connectivity index (χ0n) is 15.9. The molecule has 0 radical (unpaired) electrons. The molecule has 3 amide bonds. The minimum atomic E-state index is -0.722. The Bertz CT molecular complexity index is 698. The van der Waals surface area contributed by atoms with E-state index in [1.54, 1.807) is 0 Å². The van der Waals surface area contributed by atoms with Gasteiger partial charge in [-0.15, -0.1) is 0 Å². The summed E-state index contributed by atoms with van der Waals surface area (Å²) in [5.74, 6) is -1.99. The fourth-order valence-electron chi connectivity index (χ4n) is 3.00. The average molecular weight is 407 g/mol. The van der Waals surface area contributed by atoms with Gasteiger partial charge < -0.3 is 15.5 Å². The molecular weight excluding hydrogens is 380 g/mol. The van der Waals surface area contributed by atoms with Gasteiger partial charge in [0.05, 0.1) is 13.1 Å². The lowest BCUT2D eigenvalue weighted by Gasteiger charge is -2.23. The predicted molar refractivity (Wildman–Crippen MR) is 107 cm³/mol. The summed E-state index contributed by atoms with van der Waals surface area (Å²) in [6.45, 7) is 0.627. The van der Waals surface area contributed by atoms with Gasteiger partial charge in [-0.2, -0.15) is 0 Å². The smallest absolute Gasteiger partial charge is 0.289 e. The van der Waals surface area contributed by atoms with Gasteiger partial charge in [0, 0.05) is 13.1 Å². The van der Waals surface area contributed by atoms with E-state index >= 15 is 0 Å². The molecule has 1 aliphatic rings. The van der Waals surface area contributed by atoms with Crippen LogP contribution in [-0.2, 0) is 25.6 Å². The van der Waals surface area contributed by atoms with Crippen molar-refractivity contribution in [2.75, 3.05) is 32.4 Å². The lowest BCUT2D eigenvalue weighted by molar-refractivity contribution is -0.140. The second-order valence-corrected chi connectivity index (χ2v) is 7.10. The Hall–Kier alpha value is -2.39. The number of carbonyl (C=O) groups is 4. The first-order valence-electron chi connectivity index (χ1n) is 9.21. The number of nitrogens with one attached hydrogen (secondary N) is 3. The van der Waals surface area contributed by atoms with E-state index in [1.807, 2.05) is 36.6 Å². The van der Waals surface area contributed by atoms with Crippen molar-refractivity contribution >= 4 is 35.5 Å². The third-order valence-corrected chi connectivity index (χ3v) is 4.90. The molecule has 9 heteroatoms. The molecule has 0 bridgehead atoms.